The molecule has 0 N–H and O–H groups in total. The van der Waals surface area contributed by atoms with Gasteiger partial charge in [0.1, 0.15) is 0 Å². The van der Waals surface area contributed by atoms with E-state index in [1.54, 1.807) is 0 Å². The molecule has 2 heteroatoms. The van der Waals surface area contributed by atoms with Gasteiger partial charge in [0, 0.05) is 44.4 Å². The molecule has 0 saturated heterocycles. The molecule has 0 radical (unpaired) electrons. The van der Waals surface area contributed by atoms with Gasteiger partial charge in [0.15, 0.2) is 0 Å². The van der Waals surface area contributed by atoms with Crippen molar-refractivity contribution in [1.82, 2.24) is 4.57 Å². The summed E-state index contributed by atoms with van der Waals surface area (Å²) < 4.78 is 2.39. The summed E-state index contributed by atoms with van der Waals surface area (Å²) >= 11 is 0. The summed E-state index contributed by atoms with van der Waals surface area (Å²) in [6.45, 7) is 9.43. The Kier molecular flexibility index (Phi) is 6.98. The van der Waals surface area contributed by atoms with Crippen LogP contribution in [0.5, 0.6) is 0 Å². The van der Waals surface area contributed by atoms with Crippen molar-refractivity contribution in [3.63, 3.8) is 0 Å². The Hall–Kier alpha value is -6.64. The predicted octanol–water partition coefficient (Wildman–Crippen LogP) is 14.5. The van der Waals surface area contributed by atoms with E-state index in [9.17, 15) is 0 Å². The van der Waals surface area contributed by atoms with E-state index in [4.69, 9.17) is 0 Å². The third-order valence-corrected chi connectivity index (χ3v) is 12.8. The average molecular weight is 719 g/mol. The van der Waals surface area contributed by atoms with E-state index < -0.39 is 0 Å². The highest BCUT2D eigenvalue weighted by Crippen LogP contribution is 2.53. The first kappa shape index (κ1) is 32.8. The van der Waals surface area contributed by atoms with Crippen molar-refractivity contribution >= 4 is 38.9 Å². The first-order valence-corrected chi connectivity index (χ1v) is 19.8. The maximum Gasteiger partial charge on any atom is 0.0547 e. The Morgan fingerprint density at radius 1 is 0.357 bits per heavy atom. The quantitative estimate of drug-likeness (QED) is 0.172. The monoisotopic (exact) mass is 718 g/mol. The molecule has 2 aliphatic carbocycles. The summed E-state index contributed by atoms with van der Waals surface area (Å²) in [7, 11) is 0. The molecule has 9 aromatic rings. The molecule has 0 amide bonds. The lowest BCUT2D eigenvalue weighted by Gasteiger charge is -2.29. The Balaban J connectivity index is 1.06. The predicted molar refractivity (Wildman–Crippen MR) is 236 cm³/mol. The molecule has 1 aromatic heterocycles. The van der Waals surface area contributed by atoms with Crippen LogP contribution in [-0.2, 0) is 10.8 Å². The standard InChI is InChI=1S/C54H42N2/c1-53(2)48-20-12-9-17-42(48)46-33-39(28-31-49(46)53)55(40-27-30-43-41-16-8-11-19-47(41)54(3,4)50(43)34-40)38-25-22-35(23-26-38)36-24-29-45-44-18-10-13-21-51(44)56(52(45)32-36)37-14-6-5-7-15-37/h5-34H,1-4H3. The Morgan fingerprint density at radius 3 is 1.66 bits per heavy atom. The molecular weight excluding hydrogens is 677 g/mol. The molecule has 11 rings (SSSR count). The third-order valence-electron chi connectivity index (χ3n) is 12.8. The number of hydrogen-bond acceptors (Lipinski definition) is 1. The largest absolute Gasteiger partial charge is 0.310 e. The van der Waals surface area contributed by atoms with Gasteiger partial charge in [0.2, 0.25) is 0 Å². The van der Waals surface area contributed by atoms with Gasteiger partial charge in [-0.3, -0.25) is 0 Å². The molecule has 0 unspecified atom stereocenters. The number of hydrogen-bond donors (Lipinski definition) is 0. The number of benzene rings is 8. The van der Waals surface area contributed by atoms with Gasteiger partial charge in [-0.15, -0.1) is 0 Å². The minimum Gasteiger partial charge on any atom is -0.310 e. The van der Waals surface area contributed by atoms with E-state index in [1.807, 2.05) is 0 Å². The van der Waals surface area contributed by atoms with Crippen LogP contribution < -0.4 is 4.90 Å². The smallest absolute Gasteiger partial charge is 0.0547 e. The number of para-hydroxylation sites is 2. The number of fused-ring (bicyclic) bond motifs is 9. The summed E-state index contributed by atoms with van der Waals surface area (Å²) in [5.41, 5.74) is 20.2. The minimum absolute atomic E-state index is 0.0480. The van der Waals surface area contributed by atoms with Gasteiger partial charge in [0.05, 0.1) is 11.0 Å². The summed E-state index contributed by atoms with van der Waals surface area (Å²) in [6.07, 6.45) is 0. The second-order valence-electron chi connectivity index (χ2n) is 16.6. The number of nitrogens with zero attached hydrogens (tertiary/aromatic N) is 2. The number of anilines is 3. The average Bonchev–Trinajstić information content (AvgIpc) is 3.78. The normalized spacial score (nSPS) is 14.4. The van der Waals surface area contributed by atoms with Crippen molar-refractivity contribution in [3.05, 3.63) is 204 Å². The first-order chi connectivity index (χ1) is 27.3. The van der Waals surface area contributed by atoms with Crippen LogP contribution in [-0.4, -0.2) is 4.57 Å². The Morgan fingerprint density at radius 2 is 0.893 bits per heavy atom. The van der Waals surface area contributed by atoms with E-state index >= 15 is 0 Å². The molecule has 2 nitrogen and oxygen atoms in total. The summed E-state index contributed by atoms with van der Waals surface area (Å²) in [5, 5.41) is 2.53. The molecule has 56 heavy (non-hydrogen) atoms. The van der Waals surface area contributed by atoms with Crippen molar-refractivity contribution in [2.24, 2.45) is 0 Å². The summed E-state index contributed by atoms with van der Waals surface area (Å²) in [4.78, 5) is 2.45. The molecule has 0 bridgehead atoms. The second-order valence-corrected chi connectivity index (χ2v) is 16.6. The topological polar surface area (TPSA) is 8.17 Å². The van der Waals surface area contributed by atoms with Crippen LogP contribution in [0.3, 0.4) is 0 Å². The van der Waals surface area contributed by atoms with Crippen LogP contribution in [0.2, 0.25) is 0 Å². The third kappa shape index (κ3) is 4.69. The van der Waals surface area contributed by atoms with Gasteiger partial charge < -0.3 is 9.47 Å². The Labute approximate surface area is 328 Å². The van der Waals surface area contributed by atoms with Gasteiger partial charge in [0.25, 0.3) is 0 Å². The van der Waals surface area contributed by atoms with E-state index in [0.29, 0.717) is 0 Å². The first-order valence-electron chi connectivity index (χ1n) is 19.8. The molecule has 1 heterocycles. The van der Waals surface area contributed by atoms with Crippen molar-refractivity contribution in [2.75, 3.05) is 4.90 Å². The lowest BCUT2D eigenvalue weighted by molar-refractivity contribution is 0.660. The van der Waals surface area contributed by atoms with Crippen LogP contribution in [0.15, 0.2) is 182 Å². The maximum absolute atomic E-state index is 2.45. The highest BCUT2D eigenvalue weighted by atomic mass is 15.1. The zero-order valence-electron chi connectivity index (χ0n) is 32.2. The highest BCUT2D eigenvalue weighted by molar-refractivity contribution is 6.10. The second kappa shape index (κ2) is 11.9. The number of rotatable bonds is 5. The van der Waals surface area contributed by atoms with Crippen molar-refractivity contribution in [1.29, 1.82) is 0 Å². The van der Waals surface area contributed by atoms with Crippen molar-refractivity contribution < 1.29 is 0 Å². The molecular formula is C54H42N2. The maximum atomic E-state index is 2.45. The fraction of sp³-hybridized carbons (Fsp3) is 0.111. The fourth-order valence-electron chi connectivity index (χ4n) is 9.93. The van der Waals surface area contributed by atoms with Crippen LogP contribution in [0.25, 0.3) is 60.9 Å². The molecule has 0 spiro atoms. The van der Waals surface area contributed by atoms with E-state index in [2.05, 4.69) is 219 Å². The van der Waals surface area contributed by atoms with Gasteiger partial charge in [-0.25, -0.2) is 0 Å². The van der Waals surface area contributed by atoms with Crippen molar-refractivity contribution in [2.45, 2.75) is 38.5 Å². The summed E-state index contributed by atoms with van der Waals surface area (Å²) in [5.74, 6) is 0. The van der Waals surface area contributed by atoms with Crippen LogP contribution >= 0.6 is 0 Å². The van der Waals surface area contributed by atoms with Crippen molar-refractivity contribution in [3.8, 4) is 39.1 Å². The Bertz CT molecular complexity index is 3020. The lowest BCUT2D eigenvalue weighted by Crippen LogP contribution is -2.17. The van der Waals surface area contributed by atoms with E-state index in [-0.39, 0.29) is 10.8 Å². The molecule has 268 valence electrons. The number of aromatic nitrogens is 1. The van der Waals surface area contributed by atoms with Gasteiger partial charge in [-0.05, 0) is 116 Å². The van der Waals surface area contributed by atoms with E-state index in [0.717, 1.165) is 17.1 Å². The molecule has 2 aliphatic rings. The molecule has 0 fully saturated rings. The SMILES string of the molecule is CC1(C)c2ccccc2-c2cc(N(c3ccc(-c4ccc5c6ccccc6n(-c6ccccc6)c5c4)cc3)c3ccc4c(c3)C(C)(C)c3ccccc3-4)ccc21. The van der Waals surface area contributed by atoms with Gasteiger partial charge in [-0.2, -0.15) is 0 Å². The molecule has 0 atom stereocenters. The minimum atomic E-state index is -0.0980. The van der Waals surface area contributed by atoms with E-state index in [1.165, 1.54) is 83.1 Å². The molecule has 0 aliphatic heterocycles. The van der Waals surface area contributed by atoms with Crippen LogP contribution in [0, 0.1) is 0 Å². The van der Waals surface area contributed by atoms with Gasteiger partial charge in [-0.1, -0.05) is 149 Å². The zero-order valence-corrected chi connectivity index (χ0v) is 32.2. The summed E-state index contributed by atoms with van der Waals surface area (Å²) in [6, 6.07) is 67.5. The fourth-order valence-corrected chi connectivity index (χ4v) is 9.93. The zero-order chi connectivity index (χ0) is 37.8. The molecule has 8 aromatic carbocycles. The van der Waals surface area contributed by atoms with Crippen LogP contribution in [0.4, 0.5) is 17.1 Å². The van der Waals surface area contributed by atoms with Gasteiger partial charge >= 0.3 is 0 Å². The molecule has 0 saturated carbocycles. The lowest BCUT2D eigenvalue weighted by atomic mass is 9.82. The highest BCUT2D eigenvalue weighted by Gasteiger charge is 2.37. The van der Waals surface area contributed by atoms with Crippen LogP contribution in [0.1, 0.15) is 49.9 Å².